The van der Waals surface area contributed by atoms with Gasteiger partial charge in [-0.1, -0.05) is 42.5 Å². The van der Waals surface area contributed by atoms with Crippen LogP contribution in [0.1, 0.15) is 30.7 Å². The molecule has 1 aliphatic heterocycles. The molecule has 0 radical (unpaired) electrons. The standard InChI is InChI=1S/C16H24N2OS/c17-16(20)15(14-6-2-1-3-7-14)12-18-9-4-5-13(11-18)8-10-19/h1-3,6-7,13,15,19H,4-5,8-12H2,(H2,17,20). The van der Waals surface area contributed by atoms with Gasteiger partial charge in [-0.15, -0.1) is 0 Å². The van der Waals surface area contributed by atoms with E-state index >= 15 is 0 Å². The quantitative estimate of drug-likeness (QED) is 0.789. The molecule has 1 aliphatic rings. The Bertz CT molecular complexity index is 422. The van der Waals surface area contributed by atoms with Crippen LogP contribution in [0.2, 0.25) is 0 Å². The highest BCUT2D eigenvalue weighted by Gasteiger charge is 2.24. The average Bonchev–Trinajstić information content (AvgIpc) is 2.46. The second kappa shape index (κ2) is 7.72. The van der Waals surface area contributed by atoms with Crippen molar-refractivity contribution in [2.75, 3.05) is 26.2 Å². The highest BCUT2D eigenvalue weighted by Crippen LogP contribution is 2.23. The van der Waals surface area contributed by atoms with E-state index in [1.165, 1.54) is 18.4 Å². The van der Waals surface area contributed by atoms with Crippen molar-refractivity contribution < 1.29 is 5.11 Å². The lowest BCUT2D eigenvalue weighted by atomic mass is 9.92. The second-order valence-electron chi connectivity index (χ2n) is 5.65. The Morgan fingerprint density at radius 3 is 2.80 bits per heavy atom. The smallest absolute Gasteiger partial charge is 0.0816 e. The van der Waals surface area contributed by atoms with Crippen LogP contribution >= 0.6 is 12.2 Å². The van der Waals surface area contributed by atoms with Crippen molar-refractivity contribution >= 4 is 17.2 Å². The van der Waals surface area contributed by atoms with Gasteiger partial charge in [0, 0.05) is 25.6 Å². The summed E-state index contributed by atoms with van der Waals surface area (Å²) in [5.74, 6) is 0.732. The van der Waals surface area contributed by atoms with E-state index in [0.717, 1.165) is 26.1 Å². The van der Waals surface area contributed by atoms with Gasteiger partial charge in [0.25, 0.3) is 0 Å². The Labute approximate surface area is 126 Å². The number of likely N-dealkylation sites (tertiary alicyclic amines) is 1. The molecule has 20 heavy (non-hydrogen) atoms. The molecule has 2 rings (SSSR count). The fraction of sp³-hybridized carbons (Fsp3) is 0.562. The van der Waals surface area contributed by atoms with Gasteiger partial charge in [0.2, 0.25) is 0 Å². The summed E-state index contributed by atoms with van der Waals surface area (Å²) < 4.78 is 0. The lowest BCUT2D eigenvalue weighted by molar-refractivity contribution is 0.147. The fourth-order valence-electron chi connectivity index (χ4n) is 3.04. The molecule has 1 saturated heterocycles. The van der Waals surface area contributed by atoms with E-state index in [-0.39, 0.29) is 12.5 Å². The molecule has 1 aromatic carbocycles. The summed E-state index contributed by atoms with van der Waals surface area (Å²) in [6, 6.07) is 10.3. The molecule has 3 N–H and O–H groups in total. The summed E-state index contributed by atoms with van der Waals surface area (Å²) in [4.78, 5) is 3.01. The molecule has 1 fully saturated rings. The molecule has 0 aliphatic carbocycles. The summed E-state index contributed by atoms with van der Waals surface area (Å²) in [5, 5.41) is 9.09. The van der Waals surface area contributed by atoms with Crippen LogP contribution in [0.25, 0.3) is 0 Å². The number of hydrogen-bond donors (Lipinski definition) is 2. The van der Waals surface area contributed by atoms with Crippen molar-refractivity contribution in [1.82, 2.24) is 4.90 Å². The zero-order valence-corrected chi connectivity index (χ0v) is 12.7. The Balaban J connectivity index is 2.00. The summed E-state index contributed by atoms with van der Waals surface area (Å²) >= 11 is 5.26. The number of piperidine rings is 1. The fourth-order valence-corrected chi connectivity index (χ4v) is 3.25. The predicted molar refractivity (Wildman–Crippen MR) is 86.8 cm³/mol. The number of aliphatic hydroxyl groups is 1. The predicted octanol–water partition coefficient (Wildman–Crippen LogP) is 2.15. The molecule has 1 heterocycles. The van der Waals surface area contributed by atoms with Crippen LogP contribution in [0.4, 0.5) is 0 Å². The highest BCUT2D eigenvalue weighted by molar-refractivity contribution is 7.80. The lowest BCUT2D eigenvalue weighted by Crippen LogP contribution is -2.40. The number of nitrogens with zero attached hydrogens (tertiary/aromatic N) is 1. The molecule has 4 heteroatoms. The lowest BCUT2D eigenvalue weighted by Gasteiger charge is -2.34. The Kier molecular flexibility index (Phi) is 5.95. The number of aliphatic hydroxyl groups excluding tert-OH is 1. The molecular formula is C16H24N2OS. The van der Waals surface area contributed by atoms with Crippen molar-refractivity contribution in [2.24, 2.45) is 11.7 Å². The van der Waals surface area contributed by atoms with E-state index in [1.807, 2.05) is 18.2 Å². The molecular weight excluding hydrogens is 268 g/mol. The van der Waals surface area contributed by atoms with Crippen molar-refractivity contribution in [3.63, 3.8) is 0 Å². The minimum Gasteiger partial charge on any atom is -0.396 e. The van der Waals surface area contributed by atoms with Gasteiger partial charge in [0.15, 0.2) is 0 Å². The number of nitrogens with two attached hydrogens (primary N) is 1. The highest BCUT2D eigenvalue weighted by atomic mass is 32.1. The Morgan fingerprint density at radius 2 is 2.15 bits per heavy atom. The molecule has 2 unspecified atom stereocenters. The van der Waals surface area contributed by atoms with E-state index in [1.54, 1.807) is 0 Å². The first-order valence-electron chi connectivity index (χ1n) is 7.38. The van der Waals surface area contributed by atoms with Crippen LogP contribution in [0, 0.1) is 5.92 Å². The number of hydrogen-bond acceptors (Lipinski definition) is 3. The summed E-state index contributed by atoms with van der Waals surface area (Å²) in [7, 11) is 0. The summed E-state index contributed by atoms with van der Waals surface area (Å²) in [6.07, 6.45) is 3.32. The van der Waals surface area contributed by atoms with Crippen molar-refractivity contribution in [3.05, 3.63) is 35.9 Å². The van der Waals surface area contributed by atoms with Crippen LogP contribution in [0.3, 0.4) is 0 Å². The molecule has 0 bridgehead atoms. The van der Waals surface area contributed by atoms with Gasteiger partial charge < -0.3 is 15.7 Å². The van der Waals surface area contributed by atoms with Crippen molar-refractivity contribution in [2.45, 2.75) is 25.2 Å². The normalized spacial score (nSPS) is 21.6. The molecule has 3 nitrogen and oxygen atoms in total. The molecule has 1 aromatic rings. The first-order chi connectivity index (χ1) is 9.70. The molecule has 0 spiro atoms. The summed E-state index contributed by atoms with van der Waals surface area (Å²) in [5.41, 5.74) is 7.14. The van der Waals surface area contributed by atoms with Crippen LogP contribution < -0.4 is 5.73 Å². The van der Waals surface area contributed by atoms with Gasteiger partial charge in [-0.2, -0.15) is 0 Å². The van der Waals surface area contributed by atoms with E-state index < -0.39 is 0 Å². The van der Waals surface area contributed by atoms with Gasteiger partial charge in [-0.05, 0) is 37.3 Å². The van der Waals surface area contributed by atoms with Crippen LogP contribution in [-0.2, 0) is 0 Å². The maximum absolute atomic E-state index is 9.09. The van der Waals surface area contributed by atoms with Crippen LogP contribution in [0.5, 0.6) is 0 Å². The van der Waals surface area contributed by atoms with E-state index in [4.69, 9.17) is 23.1 Å². The number of rotatable bonds is 6. The summed E-state index contributed by atoms with van der Waals surface area (Å²) in [6.45, 7) is 3.33. The maximum Gasteiger partial charge on any atom is 0.0816 e. The minimum absolute atomic E-state index is 0.124. The minimum atomic E-state index is 0.124. The molecule has 2 atom stereocenters. The van der Waals surface area contributed by atoms with Gasteiger partial charge in [0.05, 0.1) is 4.99 Å². The van der Waals surface area contributed by atoms with Gasteiger partial charge in [-0.3, -0.25) is 0 Å². The van der Waals surface area contributed by atoms with Gasteiger partial charge in [-0.25, -0.2) is 0 Å². The van der Waals surface area contributed by atoms with Crippen LogP contribution in [-0.4, -0.2) is 41.2 Å². The van der Waals surface area contributed by atoms with E-state index in [2.05, 4.69) is 17.0 Å². The zero-order chi connectivity index (χ0) is 14.4. The molecule has 0 saturated carbocycles. The van der Waals surface area contributed by atoms with E-state index in [0.29, 0.717) is 10.9 Å². The molecule has 0 amide bonds. The maximum atomic E-state index is 9.09. The zero-order valence-electron chi connectivity index (χ0n) is 11.9. The van der Waals surface area contributed by atoms with Gasteiger partial charge >= 0.3 is 0 Å². The number of thiocarbonyl (C=S) groups is 1. The van der Waals surface area contributed by atoms with Crippen LogP contribution in [0.15, 0.2) is 30.3 Å². The monoisotopic (exact) mass is 292 g/mol. The topological polar surface area (TPSA) is 49.5 Å². The average molecular weight is 292 g/mol. The largest absolute Gasteiger partial charge is 0.396 e. The van der Waals surface area contributed by atoms with E-state index in [9.17, 15) is 0 Å². The third-order valence-corrected chi connectivity index (χ3v) is 4.41. The van der Waals surface area contributed by atoms with Crippen molar-refractivity contribution in [3.8, 4) is 0 Å². The first kappa shape index (κ1) is 15.4. The number of benzene rings is 1. The third kappa shape index (κ3) is 4.27. The van der Waals surface area contributed by atoms with Crippen molar-refractivity contribution in [1.29, 1.82) is 0 Å². The Hall–Kier alpha value is -0.970. The molecule has 110 valence electrons. The first-order valence-corrected chi connectivity index (χ1v) is 7.79. The van der Waals surface area contributed by atoms with Gasteiger partial charge in [0.1, 0.15) is 0 Å². The SMILES string of the molecule is NC(=S)C(CN1CCCC(CCO)C1)c1ccccc1. The molecule has 0 aromatic heterocycles. The third-order valence-electron chi connectivity index (χ3n) is 4.13. The second-order valence-corrected chi connectivity index (χ2v) is 6.12. The Morgan fingerprint density at radius 1 is 1.40 bits per heavy atom.